The molecule has 0 atom stereocenters. The van der Waals surface area contributed by atoms with Crippen LogP contribution in [0, 0.1) is 12.9 Å². The number of hydrogen-bond donors (Lipinski definition) is 0. The SMILES string of the molecule is Cc1cc(-c2ccccc2OC(F)(F)F)cnc1F. The van der Waals surface area contributed by atoms with E-state index in [1.54, 1.807) is 6.07 Å². The first-order valence-corrected chi connectivity index (χ1v) is 5.34. The molecule has 0 aliphatic carbocycles. The largest absolute Gasteiger partial charge is 0.573 e. The fourth-order valence-electron chi connectivity index (χ4n) is 1.62. The van der Waals surface area contributed by atoms with Gasteiger partial charge in [0.1, 0.15) is 5.75 Å². The Bertz CT molecular complexity index is 595. The van der Waals surface area contributed by atoms with Crippen molar-refractivity contribution in [3.8, 4) is 16.9 Å². The van der Waals surface area contributed by atoms with Crippen LogP contribution in [0.1, 0.15) is 5.56 Å². The molecule has 0 N–H and O–H groups in total. The van der Waals surface area contributed by atoms with E-state index in [0.717, 1.165) is 0 Å². The molecule has 0 bridgehead atoms. The Kier molecular flexibility index (Phi) is 3.42. The third kappa shape index (κ3) is 3.21. The second-order valence-electron chi connectivity index (χ2n) is 3.88. The number of ether oxygens (including phenoxy) is 1. The summed E-state index contributed by atoms with van der Waals surface area (Å²) in [5.41, 5.74) is 0.813. The van der Waals surface area contributed by atoms with Gasteiger partial charge in [-0.25, -0.2) is 4.98 Å². The number of hydrogen-bond acceptors (Lipinski definition) is 2. The Morgan fingerprint density at radius 3 is 2.47 bits per heavy atom. The summed E-state index contributed by atoms with van der Waals surface area (Å²) >= 11 is 0. The first-order chi connectivity index (χ1) is 8.87. The van der Waals surface area contributed by atoms with Gasteiger partial charge in [0.25, 0.3) is 0 Å². The molecule has 19 heavy (non-hydrogen) atoms. The normalized spacial score (nSPS) is 11.4. The van der Waals surface area contributed by atoms with Crippen LogP contribution in [-0.2, 0) is 0 Å². The highest BCUT2D eigenvalue weighted by atomic mass is 19.4. The van der Waals surface area contributed by atoms with Gasteiger partial charge in [-0.3, -0.25) is 0 Å². The lowest BCUT2D eigenvalue weighted by Gasteiger charge is -2.13. The summed E-state index contributed by atoms with van der Waals surface area (Å²) in [5.74, 6) is -0.999. The molecule has 1 aromatic carbocycles. The lowest BCUT2D eigenvalue weighted by atomic mass is 10.1. The molecule has 0 aliphatic heterocycles. The number of benzene rings is 1. The van der Waals surface area contributed by atoms with Crippen LogP contribution >= 0.6 is 0 Å². The lowest BCUT2D eigenvalue weighted by molar-refractivity contribution is -0.274. The monoisotopic (exact) mass is 271 g/mol. The number of alkyl halides is 3. The van der Waals surface area contributed by atoms with Crippen LogP contribution in [0.25, 0.3) is 11.1 Å². The predicted octanol–water partition coefficient (Wildman–Crippen LogP) is 4.09. The van der Waals surface area contributed by atoms with Crippen molar-refractivity contribution < 1.29 is 22.3 Å². The minimum Gasteiger partial charge on any atom is -0.405 e. The Labute approximate surface area is 106 Å². The molecule has 0 amide bonds. The van der Waals surface area contributed by atoms with Crippen LogP contribution in [0.3, 0.4) is 0 Å². The van der Waals surface area contributed by atoms with Gasteiger partial charge in [0, 0.05) is 22.9 Å². The molecule has 0 saturated carbocycles. The van der Waals surface area contributed by atoms with Gasteiger partial charge in [-0.15, -0.1) is 13.2 Å². The quantitative estimate of drug-likeness (QED) is 0.606. The minimum atomic E-state index is -4.78. The number of aryl methyl sites for hydroxylation is 1. The summed E-state index contributed by atoms with van der Waals surface area (Å²) in [6, 6.07) is 7.06. The summed E-state index contributed by atoms with van der Waals surface area (Å²) in [6.07, 6.45) is -3.61. The first kappa shape index (κ1) is 13.3. The van der Waals surface area contributed by atoms with E-state index in [4.69, 9.17) is 0 Å². The van der Waals surface area contributed by atoms with Crippen molar-refractivity contribution in [1.82, 2.24) is 4.98 Å². The molecular formula is C13H9F4NO. The molecule has 100 valence electrons. The summed E-state index contributed by atoms with van der Waals surface area (Å²) in [7, 11) is 0. The van der Waals surface area contributed by atoms with Crippen molar-refractivity contribution in [1.29, 1.82) is 0 Å². The van der Waals surface area contributed by atoms with E-state index in [1.807, 2.05) is 0 Å². The van der Waals surface area contributed by atoms with Gasteiger partial charge in [-0.1, -0.05) is 18.2 Å². The highest BCUT2D eigenvalue weighted by Crippen LogP contribution is 2.33. The van der Waals surface area contributed by atoms with Crippen molar-refractivity contribution in [2.45, 2.75) is 13.3 Å². The Morgan fingerprint density at radius 2 is 1.84 bits per heavy atom. The van der Waals surface area contributed by atoms with E-state index < -0.39 is 12.3 Å². The Morgan fingerprint density at radius 1 is 1.16 bits per heavy atom. The molecular weight excluding hydrogens is 262 g/mol. The molecule has 0 aliphatic rings. The minimum absolute atomic E-state index is 0.204. The number of para-hydroxylation sites is 1. The van der Waals surface area contributed by atoms with Crippen LogP contribution in [0.15, 0.2) is 36.5 Å². The molecule has 2 rings (SSSR count). The maximum absolute atomic E-state index is 13.1. The molecule has 0 saturated heterocycles. The van der Waals surface area contributed by atoms with Crippen LogP contribution in [0.4, 0.5) is 17.6 Å². The third-order valence-electron chi connectivity index (χ3n) is 2.44. The zero-order chi connectivity index (χ0) is 14.0. The van der Waals surface area contributed by atoms with Crippen LogP contribution in [0.5, 0.6) is 5.75 Å². The van der Waals surface area contributed by atoms with E-state index in [2.05, 4.69) is 9.72 Å². The average Bonchev–Trinajstić information content (AvgIpc) is 2.31. The van der Waals surface area contributed by atoms with Gasteiger partial charge >= 0.3 is 6.36 Å². The van der Waals surface area contributed by atoms with Gasteiger partial charge in [0.2, 0.25) is 5.95 Å². The smallest absolute Gasteiger partial charge is 0.405 e. The van der Waals surface area contributed by atoms with Crippen molar-refractivity contribution in [2.24, 2.45) is 0 Å². The topological polar surface area (TPSA) is 22.1 Å². The van der Waals surface area contributed by atoms with Gasteiger partial charge in [-0.2, -0.15) is 4.39 Å². The number of rotatable bonds is 2. The van der Waals surface area contributed by atoms with Crippen molar-refractivity contribution in [3.63, 3.8) is 0 Å². The standard InChI is InChI=1S/C13H9F4NO/c1-8-6-9(7-18-12(8)14)10-4-2-3-5-11(10)19-13(15,16)17/h2-7H,1H3. The summed E-state index contributed by atoms with van der Waals surface area (Å²) in [5, 5.41) is 0. The molecule has 0 spiro atoms. The average molecular weight is 271 g/mol. The lowest BCUT2D eigenvalue weighted by Crippen LogP contribution is -2.17. The molecule has 0 radical (unpaired) electrons. The number of aromatic nitrogens is 1. The molecule has 2 aromatic rings. The highest BCUT2D eigenvalue weighted by Gasteiger charge is 2.32. The summed E-state index contributed by atoms with van der Waals surface area (Å²) in [4.78, 5) is 3.49. The van der Waals surface area contributed by atoms with Gasteiger partial charge in [-0.05, 0) is 19.1 Å². The van der Waals surface area contributed by atoms with E-state index in [-0.39, 0.29) is 16.9 Å². The second kappa shape index (κ2) is 4.87. The molecule has 0 unspecified atom stereocenters. The van der Waals surface area contributed by atoms with Gasteiger partial charge < -0.3 is 4.74 Å². The fraction of sp³-hybridized carbons (Fsp3) is 0.154. The van der Waals surface area contributed by atoms with Crippen LogP contribution in [0.2, 0.25) is 0 Å². The predicted molar refractivity (Wildman–Crippen MR) is 61.1 cm³/mol. The number of pyridine rings is 1. The van der Waals surface area contributed by atoms with Crippen LogP contribution < -0.4 is 4.74 Å². The Hall–Kier alpha value is -2.11. The summed E-state index contributed by atoms with van der Waals surface area (Å²) < 4.78 is 53.8. The number of nitrogens with zero attached hydrogens (tertiary/aromatic N) is 1. The number of halogens is 4. The molecule has 2 nitrogen and oxygen atoms in total. The zero-order valence-electron chi connectivity index (χ0n) is 9.83. The van der Waals surface area contributed by atoms with Gasteiger partial charge in [0.15, 0.2) is 0 Å². The third-order valence-corrected chi connectivity index (χ3v) is 2.44. The van der Waals surface area contributed by atoms with Crippen LogP contribution in [-0.4, -0.2) is 11.3 Å². The van der Waals surface area contributed by atoms with Crippen molar-refractivity contribution in [2.75, 3.05) is 0 Å². The highest BCUT2D eigenvalue weighted by molar-refractivity contribution is 5.70. The van der Waals surface area contributed by atoms with Crippen molar-refractivity contribution >= 4 is 0 Å². The fourth-order valence-corrected chi connectivity index (χ4v) is 1.62. The van der Waals surface area contributed by atoms with E-state index in [1.165, 1.54) is 37.4 Å². The summed E-state index contributed by atoms with van der Waals surface area (Å²) in [6.45, 7) is 1.49. The molecule has 1 heterocycles. The van der Waals surface area contributed by atoms with Crippen molar-refractivity contribution in [3.05, 3.63) is 48.0 Å². The van der Waals surface area contributed by atoms with E-state index in [9.17, 15) is 17.6 Å². The molecule has 0 fully saturated rings. The maximum atomic E-state index is 13.1. The molecule has 1 aromatic heterocycles. The second-order valence-corrected chi connectivity index (χ2v) is 3.88. The molecule has 6 heteroatoms. The Balaban J connectivity index is 2.47. The van der Waals surface area contributed by atoms with Gasteiger partial charge in [0.05, 0.1) is 0 Å². The van der Waals surface area contributed by atoms with E-state index >= 15 is 0 Å². The maximum Gasteiger partial charge on any atom is 0.573 e. The zero-order valence-corrected chi connectivity index (χ0v) is 9.83. The first-order valence-electron chi connectivity index (χ1n) is 5.34. The van der Waals surface area contributed by atoms with E-state index in [0.29, 0.717) is 5.56 Å².